The SMILES string of the molecule is Oc1c(O)c(O)c(-c2ccc3c(-c4ccccc4)c4ccccc4c(-c4ccc(-c5ccccc5)c5oc6ccccc6c45)c3c2)c(O)c1O. The largest absolute Gasteiger partial charge is 0.504 e. The number of hydrogen-bond acceptors (Lipinski definition) is 6. The van der Waals surface area contributed by atoms with Crippen molar-refractivity contribution in [1.82, 2.24) is 0 Å². The minimum Gasteiger partial charge on any atom is -0.504 e. The number of para-hydroxylation sites is 1. The molecule has 0 bridgehead atoms. The molecule has 1 heterocycles. The van der Waals surface area contributed by atoms with E-state index in [1.54, 1.807) is 6.07 Å². The van der Waals surface area contributed by atoms with Crippen molar-refractivity contribution in [3.8, 4) is 73.3 Å². The van der Waals surface area contributed by atoms with E-state index in [0.29, 0.717) is 5.56 Å². The molecule has 0 radical (unpaired) electrons. The van der Waals surface area contributed by atoms with Gasteiger partial charge in [-0.25, -0.2) is 0 Å². The van der Waals surface area contributed by atoms with Crippen LogP contribution < -0.4 is 0 Å². The highest BCUT2D eigenvalue weighted by atomic mass is 16.4. The van der Waals surface area contributed by atoms with Gasteiger partial charge < -0.3 is 29.9 Å². The van der Waals surface area contributed by atoms with Gasteiger partial charge in [0, 0.05) is 16.3 Å². The molecule has 1 aromatic heterocycles. The molecular formula is C44H28O6. The molecule has 6 nitrogen and oxygen atoms in total. The molecule has 0 amide bonds. The van der Waals surface area contributed by atoms with Crippen LogP contribution in [0.5, 0.6) is 28.7 Å². The van der Waals surface area contributed by atoms with Gasteiger partial charge in [0.2, 0.25) is 17.2 Å². The summed E-state index contributed by atoms with van der Waals surface area (Å²) < 4.78 is 6.63. The van der Waals surface area contributed by atoms with Crippen LogP contribution in [0.15, 0.2) is 144 Å². The maximum Gasteiger partial charge on any atom is 0.208 e. The van der Waals surface area contributed by atoms with Gasteiger partial charge in [0.15, 0.2) is 11.5 Å². The Morgan fingerprint density at radius 1 is 0.340 bits per heavy atom. The summed E-state index contributed by atoms with van der Waals surface area (Å²) in [6.07, 6.45) is 0. The third-order valence-corrected chi connectivity index (χ3v) is 9.63. The quantitative estimate of drug-likeness (QED) is 0.0734. The van der Waals surface area contributed by atoms with Gasteiger partial charge in [0.05, 0.1) is 5.56 Å². The highest BCUT2D eigenvalue weighted by Crippen LogP contribution is 2.56. The molecule has 0 fully saturated rings. The number of rotatable bonds is 4. The lowest BCUT2D eigenvalue weighted by molar-refractivity contribution is 0.330. The standard InChI is InChI=1S/C44H28O6/c45-39-36(40(46)42(48)43(49)41(39)47)26-19-20-30-33(23-26)37(29-16-8-7-15-28(29)35(30)25-13-5-2-6-14-25)32-22-21-27(24-11-3-1-4-12-24)44-38(32)31-17-9-10-18-34(31)50-44/h1-23,45-49H. The van der Waals surface area contributed by atoms with Crippen LogP contribution in [-0.4, -0.2) is 25.5 Å². The van der Waals surface area contributed by atoms with Crippen LogP contribution in [0.25, 0.3) is 88.0 Å². The van der Waals surface area contributed by atoms with Gasteiger partial charge in [-0.15, -0.1) is 0 Å². The van der Waals surface area contributed by atoms with Crippen molar-refractivity contribution in [3.05, 3.63) is 140 Å². The van der Waals surface area contributed by atoms with Crippen LogP contribution in [0.3, 0.4) is 0 Å². The number of benzene rings is 8. The Morgan fingerprint density at radius 3 is 1.54 bits per heavy atom. The first kappa shape index (κ1) is 29.2. The number of hydrogen-bond donors (Lipinski definition) is 5. The number of phenols is 5. The molecule has 0 saturated carbocycles. The first-order valence-electron chi connectivity index (χ1n) is 16.2. The second-order valence-corrected chi connectivity index (χ2v) is 12.4. The van der Waals surface area contributed by atoms with E-state index < -0.39 is 28.7 Å². The third kappa shape index (κ3) is 4.22. The zero-order valence-corrected chi connectivity index (χ0v) is 26.4. The minimum atomic E-state index is -1.00. The number of aromatic hydroxyl groups is 5. The Balaban J connectivity index is 1.48. The highest BCUT2D eigenvalue weighted by molar-refractivity contribution is 6.27. The summed E-state index contributed by atoms with van der Waals surface area (Å²) in [5.41, 5.74) is 7.44. The lowest BCUT2D eigenvalue weighted by atomic mass is 9.83. The van der Waals surface area contributed by atoms with Crippen molar-refractivity contribution >= 4 is 43.5 Å². The summed E-state index contributed by atoms with van der Waals surface area (Å²) in [6, 6.07) is 46.2. The average Bonchev–Trinajstić information content (AvgIpc) is 3.56. The van der Waals surface area contributed by atoms with Gasteiger partial charge >= 0.3 is 0 Å². The van der Waals surface area contributed by atoms with Gasteiger partial charge in [-0.2, -0.15) is 0 Å². The molecule has 0 aliphatic rings. The molecule has 9 aromatic rings. The smallest absolute Gasteiger partial charge is 0.208 e. The van der Waals surface area contributed by atoms with E-state index in [2.05, 4.69) is 54.6 Å². The van der Waals surface area contributed by atoms with Gasteiger partial charge in [-0.3, -0.25) is 0 Å². The molecule has 8 aromatic carbocycles. The van der Waals surface area contributed by atoms with E-state index in [1.165, 1.54) is 0 Å². The van der Waals surface area contributed by atoms with E-state index in [4.69, 9.17) is 4.42 Å². The molecular weight excluding hydrogens is 624 g/mol. The maximum absolute atomic E-state index is 11.0. The Hall–Kier alpha value is -6.92. The zero-order chi connectivity index (χ0) is 34.1. The van der Waals surface area contributed by atoms with E-state index >= 15 is 0 Å². The Bertz CT molecular complexity index is 2770. The van der Waals surface area contributed by atoms with Crippen molar-refractivity contribution in [2.24, 2.45) is 0 Å². The summed E-state index contributed by atoms with van der Waals surface area (Å²) in [5, 5.41) is 58.6. The van der Waals surface area contributed by atoms with Crippen LogP contribution in [0.2, 0.25) is 0 Å². The fourth-order valence-corrected chi connectivity index (χ4v) is 7.38. The second kappa shape index (κ2) is 11.1. The second-order valence-electron chi connectivity index (χ2n) is 12.4. The van der Waals surface area contributed by atoms with Crippen molar-refractivity contribution in [3.63, 3.8) is 0 Å². The van der Waals surface area contributed by atoms with Crippen LogP contribution >= 0.6 is 0 Å². The summed E-state index contributed by atoms with van der Waals surface area (Å²) in [6.45, 7) is 0. The van der Waals surface area contributed by atoms with Gasteiger partial charge in [0.1, 0.15) is 11.2 Å². The van der Waals surface area contributed by atoms with Gasteiger partial charge in [0.25, 0.3) is 0 Å². The van der Waals surface area contributed by atoms with E-state index in [0.717, 1.165) is 76.9 Å². The summed E-state index contributed by atoms with van der Waals surface area (Å²) >= 11 is 0. The molecule has 240 valence electrons. The molecule has 5 N–H and O–H groups in total. The maximum atomic E-state index is 11.0. The first-order valence-corrected chi connectivity index (χ1v) is 16.2. The highest BCUT2D eigenvalue weighted by Gasteiger charge is 2.27. The summed E-state index contributed by atoms with van der Waals surface area (Å²) in [5.74, 6) is -4.36. The molecule has 9 rings (SSSR count). The van der Waals surface area contributed by atoms with E-state index in [9.17, 15) is 25.5 Å². The molecule has 0 spiro atoms. The number of fused-ring (bicyclic) bond motifs is 5. The predicted octanol–water partition coefficient (Wildman–Crippen LogP) is 11.1. The van der Waals surface area contributed by atoms with E-state index in [-0.39, 0.29) is 5.56 Å². The van der Waals surface area contributed by atoms with Gasteiger partial charge in [-0.05, 0) is 73.1 Å². The van der Waals surface area contributed by atoms with Crippen LogP contribution in [0.4, 0.5) is 0 Å². The molecule has 0 saturated heterocycles. The normalized spacial score (nSPS) is 11.6. The molecule has 0 aliphatic carbocycles. The van der Waals surface area contributed by atoms with Crippen LogP contribution in [0, 0.1) is 0 Å². The van der Waals surface area contributed by atoms with Gasteiger partial charge in [-0.1, -0.05) is 121 Å². The molecule has 0 aliphatic heterocycles. The first-order chi connectivity index (χ1) is 24.4. The van der Waals surface area contributed by atoms with Crippen molar-refractivity contribution in [1.29, 1.82) is 0 Å². The molecule has 6 heteroatoms. The topological polar surface area (TPSA) is 114 Å². The Kier molecular flexibility index (Phi) is 6.48. The minimum absolute atomic E-state index is 0.210. The fraction of sp³-hybridized carbons (Fsp3) is 0. The van der Waals surface area contributed by atoms with Crippen LogP contribution in [0.1, 0.15) is 0 Å². The number of furan rings is 1. The monoisotopic (exact) mass is 652 g/mol. The number of phenolic OH excluding ortho intramolecular Hbond substituents is 5. The van der Waals surface area contributed by atoms with E-state index in [1.807, 2.05) is 78.9 Å². The average molecular weight is 653 g/mol. The van der Waals surface area contributed by atoms with Crippen molar-refractivity contribution < 1.29 is 29.9 Å². The lowest BCUT2D eigenvalue weighted by Crippen LogP contribution is -1.93. The fourth-order valence-electron chi connectivity index (χ4n) is 7.38. The third-order valence-electron chi connectivity index (χ3n) is 9.63. The molecule has 0 atom stereocenters. The Morgan fingerprint density at radius 2 is 0.860 bits per heavy atom. The summed E-state index contributed by atoms with van der Waals surface area (Å²) in [4.78, 5) is 0. The van der Waals surface area contributed by atoms with Crippen molar-refractivity contribution in [2.45, 2.75) is 0 Å². The lowest BCUT2D eigenvalue weighted by Gasteiger charge is -2.20. The zero-order valence-electron chi connectivity index (χ0n) is 26.4. The summed E-state index contributed by atoms with van der Waals surface area (Å²) in [7, 11) is 0. The van der Waals surface area contributed by atoms with Crippen LogP contribution in [-0.2, 0) is 0 Å². The van der Waals surface area contributed by atoms with Crippen molar-refractivity contribution in [2.75, 3.05) is 0 Å². The Labute approximate surface area is 285 Å². The molecule has 0 unspecified atom stereocenters. The molecule has 50 heavy (non-hydrogen) atoms. The predicted molar refractivity (Wildman–Crippen MR) is 199 cm³/mol.